The van der Waals surface area contributed by atoms with Crippen LogP contribution in [0.25, 0.3) is 10.6 Å². The molecule has 0 amide bonds. The van der Waals surface area contributed by atoms with Gasteiger partial charge in [0, 0.05) is 29.4 Å². The van der Waals surface area contributed by atoms with Crippen molar-refractivity contribution in [1.29, 1.82) is 0 Å². The van der Waals surface area contributed by atoms with Crippen LogP contribution < -0.4 is 10.1 Å². The normalized spacial score (nSPS) is 10.3. The summed E-state index contributed by atoms with van der Waals surface area (Å²) in [4.78, 5) is 4.31. The van der Waals surface area contributed by atoms with Gasteiger partial charge in [-0.3, -0.25) is 0 Å². The van der Waals surface area contributed by atoms with Crippen molar-refractivity contribution in [2.75, 3.05) is 12.4 Å². The molecule has 4 heteroatoms. The molecular formula is C17H16N2OS. The van der Waals surface area contributed by atoms with E-state index in [1.807, 2.05) is 23.7 Å². The summed E-state index contributed by atoms with van der Waals surface area (Å²) in [6.07, 6.45) is 1.83. The highest BCUT2D eigenvalue weighted by molar-refractivity contribution is 7.13. The van der Waals surface area contributed by atoms with Gasteiger partial charge in [0.2, 0.25) is 0 Å². The maximum atomic E-state index is 5.16. The third-order valence-electron chi connectivity index (χ3n) is 3.22. The molecule has 21 heavy (non-hydrogen) atoms. The molecule has 3 nitrogen and oxygen atoms in total. The van der Waals surface area contributed by atoms with Crippen molar-refractivity contribution < 1.29 is 4.74 Å². The summed E-state index contributed by atoms with van der Waals surface area (Å²) in [6.45, 7) is 0.792. The van der Waals surface area contributed by atoms with Crippen molar-refractivity contribution in [2.45, 2.75) is 6.54 Å². The number of aromatic nitrogens is 1. The highest BCUT2D eigenvalue weighted by Gasteiger charge is 2.00. The Morgan fingerprint density at radius 3 is 2.43 bits per heavy atom. The van der Waals surface area contributed by atoms with Crippen LogP contribution in [0.4, 0.5) is 5.69 Å². The van der Waals surface area contributed by atoms with E-state index in [2.05, 4.69) is 46.7 Å². The van der Waals surface area contributed by atoms with Crippen LogP contribution in [0, 0.1) is 0 Å². The quantitative estimate of drug-likeness (QED) is 0.756. The maximum absolute atomic E-state index is 5.16. The van der Waals surface area contributed by atoms with Crippen molar-refractivity contribution in [3.63, 3.8) is 0 Å². The van der Waals surface area contributed by atoms with Crippen LogP contribution in [0.5, 0.6) is 5.75 Å². The molecule has 3 rings (SSSR count). The summed E-state index contributed by atoms with van der Waals surface area (Å²) >= 11 is 1.65. The first-order valence-electron chi connectivity index (χ1n) is 6.72. The maximum Gasteiger partial charge on any atom is 0.123 e. The topological polar surface area (TPSA) is 34.1 Å². The molecule has 0 unspecified atom stereocenters. The number of hydrogen-bond acceptors (Lipinski definition) is 4. The third-order valence-corrected chi connectivity index (χ3v) is 4.04. The number of nitrogens with zero attached hydrogens (tertiary/aromatic N) is 1. The summed E-state index contributed by atoms with van der Waals surface area (Å²) in [5.41, 5.74) is 3.48. The van der Waals surface area contributed by atoms with E-state index in [0.29, 0.717) is 0 Å². The molecule has 0 saturated carbocycles. The lowest BCUT2D eigenvalue weighted by Crippen LogP contribution is -1.99. The first kappa shape index (κ1) is 13.6. The van der Waals surface area contributed by atoms with Crippen molar-refractivity contribution in [3.8, 4) is 16.3 Å². The van der Waals surface area contributed by atoms with Crippen molar-refractivity contribution >= 4 is 17.0 Å². The lowest BCUT2D eigenvalue weighted by atomic mass is 10.2. The molecular weight excluding hydrogens is 280 g/mol. The minimum absolute atomic E-state index is 0.792. The van der Waals surface area contributed by atoms with Crippen LogP contribution in [0.3, 0.4) is 0 Å². The number of thiazole rings is 1. The second-order valence-corrected chi connectivity index (χ2v) is 5.51. The summed E-state index contributed by atoms with van der Waals surface area (Å²) in [5.74, 6) is 0.881. The van der Waals surface area contributed by atoms with Crippen LogP contribution in [0.15, 0.2) is 60.1 Å². The Morgan fingerprint density at radius 1 is 1.05 bits per heavy atom. The second-order valence-electron chi connectivity index (χ2n) is 4.62. The zero-order chi connectivity index (χ0) is 14.5. The van der Waals surface area contributed by atoms with Crippen LogP contribution >= 0.6 is 11.3 Å². The van der Waals surface area contributed by atoms with Crippen LogP contribution in [-0.2, 0) is 6.54 Å². The number of hydrogen-bond donors (Lipinski definition) is 1. The molecule has 0 saturated heterocycles. The molecule has 0 spiro atoms. The smallest absolute Gasteiger partial charge is 0.123 e. The molecule has 0 aliphatic rings. The van der Waals surface area contributed by atoms with Gasteiger partial charge in [-0.2, -0.15) is 0 Å². The molecule has 0 fully saturated rings. The summed E-state index contributed by atoms with van der Waals surface area (Å²) in [7, 11) is 1.68. The van der Waals surface area contributed by atoms with Gasteiger partial charge in [-0.25, -0.2) is 4.98 Å². The first-order valence-corrected chi connectivity index (χ1v) is 7.60. The van der Waals surface area contributed by atoms with E-state index in [-0.39, 0.29) is 0 Å². The molecule has 106 valence electrons. The number of ether oxygens (including phenoxy) is 1. The Hall–Kier alpha value is -2.33. The van der Waals surface area contributed by atoms with E-state index in [1.54, 1.807) is 18.4 Å². The standard InChI is InChI=1S/C17H16N2OS/c1-20-16-8-2-13(3-9-16)12-19-15-6-4-14(5-7-15)17-18-10-11-21-17/h2-11,19H,12H2,1H3. The molecule has 0 aliphatic heterocycles. The van der Waals surface area contributed by atoms with Crippen molar-refractivity contribution in [1.82, 2.24) is 4.98 Å². The van der Waals surface area contributed by atoms with Gasteiger partial charge in [-0.1, -0.05) is 12.1 Å². The average Bonchev–Trinajstić information content (AvgIpc) is 3.08. The zero-order valence-corrected chi connectivity index (χ0v) is 12.6. The minimum atomic E-state index is 0.792. The number of rotatable bonds is 5. The predicted molar refractivity (Wildman–Crippen MR) is 87.9 cm³/mol. The lowest BCUT2D eigenvalue weighted by Gasteiger charge is -2.08. The number of methoxy groups -OCH3 is 1. The van der Waals surface area contributed by atoms with Gasteiger partial charge in [0.05, 0.1) is 7.11 Å². The highest BCUT2D eigenvalue weighted by atomic mass is 32.1. The number of nitrogens with one attached hydrogen (secondary N) is 1. The van der Waals surface area contributed by atoms with Crippen molar-refractivity contribution in [2.24, 2.45) is 0 Å². The van der Waals surface area contributed by atoms with E-state index >= 15 is 0 Å². The summed E-state index contributed by atoms with van der Waals surface area (Å²) in [5, 5.41) is 6.46. The van der Waals surface area contributed by atoms with E-state index in [9.17, 15) is 0 Å². The molecule has 0 atom stereocenters. The fourth-order valence-electron chi connectivity index (χ4n) is 2.04. The lowest BCUT2D eigenvalue weighted by molar-refractivity contribution is 0.414. The van der Waals surface area contributed by atoms with Gasteiger partial charge >= 0.3 is 0 Å². The molecule has 2 aromatic carbocycles. The molecule has 1 heterocycles. The largest absolute Gasteiger partial charge is 0.497 e. The fraction of sp³-hybridized carbons (Fsp3) is 0.118. The Morgan fingerprint density at radius 2 is 1.81 bits per heavy atom. The van der Waals surface area contributed by atoms with Crippen molar-refractivity contribution in [3.05, 3.63) is 65.7 Å². The van der Waals surface area contributed by atoms with Gasteiger partial charge in [0.15, 0.2) is 0 Å². The monoisotopic (exact) mass is 296 g/mol. The Kier molecular flexibility index (Phi) is 4.17. The molecule has 3 aromatic rings. The summed E-state index contributed by atoms with van der Waals surface area (Å²) < 4.78 is 5.16. The van der Waals surface area contributed by atoms with Crippen LogP contribution in [0.2, 0.25) is 0 Å². The number of anilines is 1. The van der Waals surface area contributed by atoms with Gasteiger partial charge in [0.25, 0.3) is 0 Å². The van der Waals surface area contributed by atoms with Gasteiger partial charge in [0.1, 0.15) is 10.8 Å². The third kappa shape index (κ3) is 3.41. The van der Waals surface area contributed by atoms with Gasteiger partial charge < -0.3 is 10.1 Å². The molecule has 1 aromatic heterocycles. The summed E-state index contributed by atoms with van der Waals surface area (Å²) in [6, 6.07) is 16.4. The Bertz CT molecular complexity index is 676. The molecule has 0 radical (unpaired) electrons. The van der Waals surface area contributed by atoms with E-state index < -0.39 is 0 Å². The van der Waals surface area contributed by atoms with E-state index in [0.717, 1.165) is 28.6 Å². The van der Waals surface area contributed by atoms with Gasteiger partial charge in [-0.05, 0) is 42.0 Å². The highest BCUT2D eigenvalue weighted by Crippen LogP contribution is 2.23. The second kappa shape index (κ2) is 6.41. The SMILES string of the molecule is COc1ccc(CNc2ccc(-c3nccs3)cc2)cc1. The van der Waals surface area contributed by atoms with E-state index in [4.69, 9.17) is 4.74 Å². The Labute approximate surface area is 128 Å². The van der Waals surface area contributed by atoms with E-state index in [1.165, 1.54) is 5.56 Å². The first-order chi connectivity index (χ1) is 10.3. The van der Waals surface area contributed by atoms with Crippen LogP contribution in [-0.4, -0.2) is 12.1 Å². The Balaban J connectivity index is 1.62. The molecule has 0 aliphatic carbocycles. The van der Waals surface area contributed by atoms with Gasteiger partial charge in [-0.15, -0.1) is 11.3 Å². The minimum Gasteiger partial charge on any atom is -0.497 e. The predicted octanol–water partition coefficient (Wildman–Crippen LogP) is 4.43. The van der Waals surface area contributed by atoms with Crippen LogP contribution in [0.1, 0.15) is 5.56 Å². The average molecular weight is 296 g/mol. The molecule has 1 N–H and O–H groups in total. The fourth-order valence-corrected chi connectivity index (χ4v) is 2.69. The molecule has 0 bridgehead atoms. The number of benzene rings is 2. The zero-order valence-electron chi connectivity index (χ0n) is 11.7.